The molecule has 1 aromatic rings. The van der Waals surface area contributed by atoms with Gasteiger partial charge in [0.1, 0.15) is 0 Å². The van der Waals surface area contributed by atoms with Crippen LogP contribution in [0.3, 0.4) is 0 Å². The van der Waals surface area contributed by atoms with E-state index < -0.39 is 0 Å². The first-order valence-electron chi connectivity index (χ1n) is 7.34. The Morgan fingerprint density at radius 2 is 2.10 bits per heavy atom. The van der Waals surface area contributed by atoms with Crippen LogP contribution < -0.4 is 4.87 Å². The number of amides is 1. The number of aryl methyl sites for hydroxylation is 1. The molecule has 0 spiro atoms. The van der Waals surface area contributed by atoms with Crippen LogP contribution in [0.25, 0.3) is 0 Å². The summed E-state index contributed by atoms with van der Waals surface area (Å²) in [5.74, 6) is 1.45. The van der Waals surface area contributed by atoms with Crippen LogP contribution in [0.1, 0.15) is 37.3 Å². The van der Waals surface area contributed by atoms with Crippen LogP contribution in [0.5, 0.6) is 0 Å². The van der Waals surface area contributed by atoms with Gasteiger partial charge in [0, 0.05) is 36.6 Å². The Hall–Kier alpha value is -1.10. The molecule has 2 rings (SSSR count). The fourth-order valence-electron chi connectivity index (χ4n) is 2.77. The van der Waals surface area contributed by atoms with E-state index in [1.807, 2.05) is 18.7 Å². The first-order chi connectivity index (χ1) is 9.40. The first kappa shape index (κ1) is 15.3. The molecule has 20 heavy (non-hydrogen) atoms. The van der Waals surface area contributed by atoms with E-state index in [-0.39, 0.29) is 10.8 Å². The van der Waals surface area contributed by atoms with Crippen LogP contribution >= 0.6 is 11.3 Å². The van der Waals surface area contributed by atoms with E-state index in [4.69, 9.17) is 0 Å². The summed E-state index contributed by atoms with van der Waals surface area (Å²) >= 11 is 1.27. The first-order valence-corrected chi connectivity index (χ1v) is 8.16. The smallest absolute Gasteiger partial charge is 0.307 e. The lowest BCUT2D eigenvalue weighted by Crippen LogP contribution is -2.31. The van der Waals surface area contributed by atoms with Crippen molar-refractivity contribution >= 4 is 17.2 Å². The number of hydrogen-bond donors (Lipinski definition) is 0. The molecule has 0 saturated carbocycles. The van der Waals surface area contributed by atoms with Crippen molar-refractivity contribution in [1.82, 2.24) is 9.47 Å². The van der Waals surface area contributed by atoms with Crippen LogP contribution in [-0.2, 0) is 11.3 Å². The van der Waals surface area contributed by atoms with Gasteiger partial charge in [-0.2, -0.15) is 0 Å². The maximum atomic E-state index is 12.2. The Morgan fingerprint density at radius 1 is 1.40 bits per heavy atom. The normalized spacial score (nSPS) is 19.1. The average Bonchev–Trinajstić information content (AvgIpc) is 2.95. The molecule has 0 aromatic carbocycles. The molecular weight excluding hydrogens is 272 g/mol. The third kappa shape index (κ3) is 3.14. The Kier molecular flexibility index (Phi) is 4.68. The molecule has 1 aliphatic rings. The van der Waals surface area contributed by atoms with Gasteiger partial charge in [0.15, 0.2) is 0 Å². The molecule has 2 heterocycles. The van der Waals surface area contributed by atoms with Crippen molar-refractivity contribution in [1.29, 1.82) is 0 Å². The van der Waals surface area contributed by atoms with Gasteiger partial charge >= 0.3 is 4.87 Å². The highest BCUT2D eigenvalue weighted by Gasteiger charge is 2.27. The average molecular weight is 296 g/mol. The summed E-state index contributed by atoms with van der Waals surface area (Å²) in [7, 11) is 0. The van der Waals surface area contributed by atoms with E-state index in [0.29, 0.717) is 24.8 Å². The highest BCUT2D eigenvalue weighted by Crippen LogP contribution is 2.24. The van der Waals surface area contributed by atoms with Crippen molar-refractivity contribution in [3.63, 3.8) is 0 Å². The van der Waals surface area contributed by atoms with E-state index in [1.165, 1.54) is 11.3 Å². The predicted molar refractivity (Wildman–Crippen MR) is 82.2 cm³/mol. The molecule has 0 N–H and O–H groups in total. The van der Waals surface area contributed by atoms with Gasteiger partial charge in [-0.1, -0.05) is 25.2 Å². The van der Waals surface area contributed by atoms with Crippen LogP contribution in [0.4, 0.5) is 0 Å². The minimum absolute atomic E-state index is 0.0503. The van der Waals surface area contributed by atoms with E-state index in [2.05, 4.69) is 13.8 Å². The molecule has 0 aliphatic carbocycles. The van der Waals surface area contributed by atoms with Crippen LogP contribution in [0, 0.1) is 25.7 Å². The second-order valence-corrected chi connectivity index (χ2v) is 7.21. The summed E-state index contributed by atoms with van der Waals surface area (Å²) < 4.78 is 1.73. The molecule has 1 unspecified atom stereocenters. The number of thiazole rings is 1. The zero-order chi connectivity index (χ0) is 14.9. The zero-order valence-corrected chi connectivity index (χ0v) is 13.6. The molecule has 0 radical (unpaired) electrons. The number of hydrogen-bond acceptors (Lipinski definition) is 3. The van der Waals surface area contributed by atoms with Crippen LogP contribution in [0.2, 0.25) is 0 Å². The van der Waals surface area contributed by atoms with Gasteiger partial charge in [0.2, 0.25) is 5.91 Å². The Bertz CT molecular complexity index is 545. The van der Waals surface area contributed by atoms with Gasteiger partial charge in [0.05, 0.1) is 0 Å². The van der Waals surface area contributed by atoms with E-state index >= 15 is 0 Å². The number of likely N-dealkylation sites (tertiary alicyclic amines) is 1. The molecule has 1 aromatic heterocycles. The lowest BCUT2D eigenvalue weighted by atomic mass is 9.95. The number of nitrogens with zero attached hydrogens (tertiary/aromatic N) is 2. The standard InChI is InChI=1S/C15H24N2O2S/c1-10(2)13-5-7-16(9-13)14(18)6-8-17-11(3)12(4)20-15(17)19/h10,13H,5-9H2,1-4H3. The van der Waals surface area contributed by atoms with E-state index in [1.54, 1.807) is 4.57 Å². The van der Waals surface area contributed by atoms with Crippen molar-refractivity contribution in [2.75, 3.05) is 13.1 Å². The number of aromatic nitrogens is 1. The van der Waals surface area contributed by atoms with Crippen LogP contribution in [0.15, 0.2) is 4.79 Å². The third-order valence-electron chi connectivity index (χ3n) is 4.44. The fraction of sp³-hybridized carbons (Fsp3) is 0.733. The highest BCUT2D eigenvalue weighted by atomic mass is 32.1. The molecule has 5 heteroatoms. The van der Waals surface area contributed by atoms with Gasteiger partial charge in [-0.25, -0.2) is 0 Å². The van der Waals surface area contributed by atoms with Crippen molar-refractivity contribution in [2.45, 2.75) is 47.1 Å². The second kappa shape index (κ2) is 6.12. The largest absolute Gasteiger partial charge is 0.342 e. The monoisotopic (exact) mass is 296 g/mol. The van der Waals surface area contributed by atoms with Gasteiger partial charge in [-0.15, -0.1) is 0 Å². The minimum Gasteiger partial charge on any atom is -0.342 e. The highest BCUT2D eigenvalue weighted by molar-refractivity contribution is 7.09. The molecule has 0 bridgehead atoms. The Morgan fingerprint density at radius 3 is 2.60 bits per heavy atom. The number of rotatable bonds is 4. The number of carbonyl (C=O) groups excluding carboxylic acids is 1. The molecule has 1 amide bonds. The van der Waals surface area contributed by atoms with Crippen LogP contribution in [-0.4, -0.2) is 28.5 Å². The maximum absolute atomic E-state index is 12.2. The van der Waals surface area contributed by atoms with Crippen molar-refractivity contribution in [3.8, 4) is 0 Å². The van der Waals surface area contributed by atoms with Gasteiger partial charge < -0.3 is 9.47 Å². The van der Waals surface area contributed by atoms with Gasteiger partial charge in [0.25, 0.3) is 0 Å². The van der Waals surface area contributed by atoms with Crippen molar-refractivity contribution < 1.29 is 4.79 Å². The summed E-state index contributed by atoms with van der Waals surface area (Å²) in [5, 5.41) is 0. The summed E-state index contributed by atoms with van der Waals surface area (Å²) in [4.78, 5) is 27.1. The van der Waals surface area contributed by atoms with Crippen molar-refractivity contribution in [2.24, 2.45) is 11.8 Å². The number of carbonyl (C=O) groups is 1. The molecule has 1 fully saturated rings. The SMILES string of the molecule is Cc1sc(=O)n(CCC(=O)N2CCC(C(C)C)C2)c1C. The summed E-state index contributed by atoms with van der Waals surface area (Å²) in [5.41, 5.74) is 0.995. The lowest BCUT2D eigenvalue weighted by molar-refractivity contribution is -0.130. The maximum Gasteiger partial charge on any atom is 0.307 e. The molecule has 4 nitrogen and oxygen atoms in total. The molecule has 1 saturated heterocycles. The van der Waals surface area contributed by atoms with Crippen molar-refractivity contribution in [3.05, 3.63) is 20.2 Å². The Labute approximate surface area is 124 Å². The zero-order valence-electron chi connectivity index (χ0n) is 12.8. The minimum atomic E-state index is 0.0503. The van der Waals surface area contributed by atoms with Gasteiger partial charge in [-0.05, 0) is 32.1 Å². The van der Waals surface area contributed by atoms with E-state index in [0.717, 1.165) is 30.1 Å². The summed E-state index contributed by atoms with van der Waals surface area (Å²) in [6.45, 7) is 10.6. The molecule has 112 valence electrons. The fourth-order valence-corrected chi connectivity index (χ4v) is 3.63. The molecule has 1 aliphatic heterocycles. The second-order valence-electron chi connectivity index (χ2n) is 6.04. The van der Waals surface area contributed by atoms with E-state index in [9.17, 15) is 9.59 Å². The quantitative estimate of drug-likeness (QED) is 0.856. The predicted octanol–water partition coefficient (Wildman–Crippen LogP) is 2.42. The molecular formula is C15H24N2O2S. The molecule has 1 atom stereocenters. The van der Waals surface area contributed by atoms with Gasteiger partial charge in [-0.3, -0.25) is 9.59 Å². The summed E-state index contributed by atoms with van der Waals surface area (Å²) in [6, 6.07) is 0. The summed E-state index contributed by atoms with van der Waals surface area (Å²) in [6.07, 6.45) is 1.54. The topological polar surface area (TPSA) is 42.3 Å². The Balaban J connectivity index is 1.92. The lowest BCUT2D eigenvalue weighted by Gasteiger charge is -2.18. The third-order valence-corrected chi connectivity index (χ3v) is 5.44.